The molecule has 0 bridgehead atoms. The standard InChI is InChI=1S/C15H17ClN2O3S/c1-4-20-12-7-9(10(16)8-13(12)21-5-2)6-11-14(19)18(3)15(22)17-11/h6-8H,4-5H2,1-3H3,(H,17,22)/b11-6-. The Kier molecular flexibility index (Phi) is 5.26. The summed E-state index contributed by atoms with van der Waals surface area (Å²) in [6.07, 6.45) is 1.65. The first-order valence-electron chi connectivity index (χ1n) is 6.87. The third kappa shape index (κ3) is 3.34. The number of carbonyl (C=O) groups excluding carboxylic acids is 1. The molecule has 7 heteroatoms. The number of halogens is 1. The normalized spacial score (nSPS) is 16.2. The molecule has 1 fully saturated rings. The summed E-state index contributed by atoms with van der Waals surface area (Å²) in [6.45, 7) is 4.78. The lowest BCUT2D eigenvalue weighted by Crippen LogP contribution is -2.25. The Morgan fingerprint density at radius 1 is 1.27 bits per heavy atom. The van der Waals surface area contributed by atoms with E-state index in [1.165, 1.54) is 4.90 Å². The zero-order chi connectivity index (χ0) is 16.3. The van der Waals surface area contributed by atoms with Crippen molar-refractivity contribution in [1.82, 2.24) is 10.2 Å². The summed E-state index contributed by atoms with van der Waals surface area (Å²) in [6, 6.07) is 3.43. The van der Waals surface area contributed by atoms with Crippen LogP contribution in [0, 0.1) is 0 Å². The van der Waals surface area contributed by atoms with E-state index in [2.05, 4.69) is 5.32 Å². The fourth-order valence-corrected chi connectivity index (χ4v) is 2.38. The highest BCUT2D eigenvalue weighted by molar-refractivity contribution is 7.80. The Balaban J connectivity index is 2.41. The van der Waals surface area contributed by atoms with Gasteiger partial charge in [-0.05, 0) is 43.8 Å². The van der Waals surface area contributed by atoms with Gasteiger partial charge in [0.15, 0.2) is 16.6 Å². The van der Waals surface area contributed by atoms with Crippen molar-refractivity contribution in [2.75, 3.05) is 20.3 Å². The molecule has 5 nitrogen and oxygen atoms in total. The highest BCUT2D eigenvalue weighted by Gasteiger charge is 2.27. The molecule has 1 aliphatic rings. The second-order valence-electron chi connectivity index (χ2n) is 4.54. The maximum absolute atomic E-state index is 12.0. The molecule has 0 aliphatic carbocycles. The van der Waals surface area contributed by atoms with Gasteiger partial charge in [0.25, 0.3) is 5.91 Å². The lowest BCUT2D eigenvalue weighted by Gasteiger charge is -2.13. The molecule has 2 rings (SSSR count). The second-order valence-corrected chi connectivity index (χ2v) is 5.33. The van der Waals surface area contributed by atoms with Crippen molar-refractivity contribution >= 4 is 40.9 Å². The van der Waals surface area contributed by atoms with Crippen LogP contribution in [0.3, 0.4) is 0 Å². The van der Waals surface area contributed by atoms with Gasteiger partial charge in [0.2, 0.25) is 0 Å². The molecule has 22 heavy (non-hydrogen) atoms. The Labute approximate surface area is 139 Å². The quantitative estimate of drug-likeness (QED) is 0.660. The van der Waals surface area contributed by atoms with E-state index in [1.807, 2.05) is 13.8 Å². The van der Waals surface area contributed by atoms with Crippen LogP contribution in [-0.4, -0.2) is 36.2 Å². The zero-order valence-electron chi connectivity index (χ0n) is 12.6. The van der Waals surface area contributed by atoms with Crippen LogP contribution < -0.4 is 14.8 Å². The van der Waals surface area contributed by atoms with E-state index in [9.17, 15) is 4.79 Å². The number of rotatable bonds is 5. The molecule has 0 saturated carbocycles. The van der Waals surface area contributed by atoms with E-state index >= 15 is 0 Å². The van der Waals surface area contributed by atoms with Crippen molar-refractivity contribution in [2.24, 2.45) is 0 Å². The second kappa shape index (κ2) is 6.98. The SMILES string of the molecule is CCOc1cc(Cl)c(/C=C2\NC(=S)N(C)C2=O)cc1OCC. The first-order chi connectivity index (χ1) is 10.5. The highest BCUT2D eigenvalue weighted by atomic mass is 35.5. The molecule has 0 unspecified atom stereocenters. The summed E-state index contributed by atoms with van der Waals surface area (Å²) >= 11 is 11.3. The first-order valence-corrected chi connectivity index (χ1v) is 7.66. The Morgan fingerprint density at radius 3 is 2.36 bits per heavy atom. The van der Waals surface area contributed by atoms with E-state index in [0.717, 1.165) is 0 Å². The summed E-state index contributed by atoms with van der Waals surface area (Å²) in [5.41, 5.74) is 1.03. The molecule has 1 aliphatic heterocycles. The molecule has 1 N–H and O–H groups in total. The lowest BCUT2D eigenvalue weighted by molar-refractivity contribution is -0.121. The minimum absolute atomic E-state index is 0.201. The summed E-state index contributed by atoms with van der Waals surface area (Å²) < 4.78 is 11.1. The van der Waals surface area contributed by atoms with Crippen molar-refractivity contribution < 1.29 is 14.3 Å². The van der Waals surface area contributed by atoms with Crippen molar-refractivity contribution in [2.45, 2.75) is 13.8 Å². The van der Waals surface area contributed by atoms with Gasteiger partial charge in [-0.25, -0.2) is 0 Å². The van der Waals surface area contributed by atoms with Gasteiger partial charge in [0.1, 0.15) is 5.70 Å². The van der Waals surface area contributed by atoms with Crippen molar-refractivity contribution in [3.63, 3.8) is 0 Å². The number of nitrogens with one attached hydrogen (secondary N) is 1. The predicted molar refractivity (Wildman–Crippen MR) is 90.3 cm³/mol. The fourth-order valence-electron chi connectivity index (χ4n) is 1.98. The lowest BCUT2D eigenvalue weighted by atomic mass is 10.1. The van der Waals surface area contributed by atoms with Crippen LogP contribution in [0.25, 0.3) is 6.08 Å². The van der Waals surface area contributed by atoms with E-state index < -0.39 is 0 Å². The minimum atomic E-state index is -0.201. The summed E-state index contributed by atoms with van der Waals surface area (Å²) in [5, 5.41) is 3.69. The molecular weight excluding hydrogens is 324 g/mol. The Morgan fingerprint density at radius 2 is 1.86 bits per heavy atom. The molecular formula is C15H17ClN2O3S. The van der Waals surface area contributed by atoms with E-state index in [4.69, 9.17) is 33.3 Å². The number of amides is 1. The van der Waals surface area contributed by atoms with Crippen LogP contribution in [0.4, 0.5) is 0 Å². The molecule has 1 aromatic carbocycles. The zero-order valence-corrected chi connectivity index (χ0v) is 14.2. The number of benzene rings is 1. The molecule has 0 aromatic heterocycles. The van der Waals surface area contributed by atoms with Gasteiger partial charge < -0.3 is 14.8 Å². The average molecular weight is 341 g/mol. The molecule has 0 atom stereocenters. The van der Waals surface area contributed by atoms with Crippen LogP contribution in [0.1, 0.15) is 19.4 Å². The van der Waals surface area contributed by atoms with Gasteiger partial charge in [0.05, 0.1) is 18.2 Å². The number of hydrogen-bond acceptors (Lipinski definition) is 4. The van der Waals surface area contributed by atoms with Gasteiger partial charge in [-0.1, -0.05) is 11.6 Å². The number of nitrogens with zero attached hydrogens (tertiary/aromatic N) is 1. The number of thiocarbonyl (C=S) groups is 1. The maximum atomic E-state index is 12.0. The van der Waals surface area contributed by atoms with Gasteiger partial charge in [0, 0.05) is 13.1 Å². The van der Waals surface area contributed by atoms with Gasteiger partial charge >= 0.3 is 0 Å². The van der Waals surface area contributed by atoms with Crippen LogP contribution in [0.2, 0.25) is 5.02 Å². The largest absolute Gasteiger partial charge is 0.490 e. The summed E-state index contributed by atoms with van der Waals surface area (Å²) in [7, 11) is 1.62. The van der Waals surface area contributed by atoms with Gasteiger partial charge in [-0.2, -0.15) is 0 Å². The monoisotopic (exact) mass is 340 g/mol. The number of ether oxygens (including phenoxy) is 2. The van der Waals surface area contributed by atoms with Crippen LogP contribution in [0.5, 0.6) is 11.5 Å². The molecule has 0 radical (unpaired) electrons. The fraction of sp³-hybridized carbons (Fsp3) is 0.333. The third-order valence-electron chi connectivity index (χ3n) is 3.04. The van der Waals surface area contributed by atoms with Crippen molar-refractivity contribution in [1.29, 1.82) is 0 Å². The number of likely N-dealkylation sites (N-methyl/N-ethyl adjacent to an activating group) is 1. The maximum Gasteiger partial charge on any atom is 0.276 e. The van der Waals surface area contributed by atoms with Crippen molar-refractivity contribution in [3.8, 4) is 11.5 Å². The van der Waals surface area contributed by atoms with Crippen LogP contribution in [0.15, 0.2) is 17.8 Å². The molecule has 1 heterocycles. The average Bonchev–Trinajstić information content (AvgIpc) is 2.71. The first kappa shape index (κ1) is 16.6. The predicted octanol–water partition coefficient (Wildman–Crippen LogP) is 2.82. The highest BCUT2D eigenvalue weighted by Crippen LogP contribution is 2.35. The van der Waals surface area contributed by atoms with Crippen LogP contribution in [-0.2, 0) is 4.79 Å². The summed E-state index contributed by atoms with van der Waals surface area (Å²) in [5.74, 6) is 0.963. The molecule has 1 amide bonds. The van der Waals surface area contributed by atoms with Gasteiger partial charge in [-0.15, -0.1) is 0 Å². The summed E-state index contributed by atoms with van der Waals surface area (Å²) in [4.78, 5) is 13.4. The van der Waals surface area contributed by atoms with Crippen molar-refractivity contribution in [3.05, 3.63) is 28.4 Å². The number of carbonyl (C=O) groups is 1. The van der Waals surface area contributed by atoms with E-state index in [1.54, 1.807) is 25.3 Å². The van der Waals surface area contributed by atoms with E-state index in [0.29, 0.717) is 46.1 Å². The molecule has 118 valence electrons. The molecule has 0 spiro atoms. The molecule has 1 saturated heterocycles. The topological polar surface area (TPSA) is 50.8 Å². The smallest absolute Gasteiger partial charge is 0.276 e. The Hall–Kier alpha value is -1.79. The Bertz CT molecular complexity index is 646. The van der Waals surface area contributed by atoms with E-state index in [-0.39, 0.29) is 5.91 Å². The number of hydrogen-bond donors (Lipinski definition) is 1. The van der Waals surface area contributed by atoms with Gasteiger partial charge in [-0.3, -0.25) is 9.69 Å². The molecule has 1 aromatic rings. The van der Waals surface area contributed by atoms with Crippen LogP contribution >= 0.6 is 23.8 Å². The third-order valence-corrected chi connectivity index (χ3v) is 3.75. The minimum Gasteiger partial charge on any atom is -0.490 e.